The normalized spacial score (nSPS) is 30.5. The molecule has 2 saturated carbocycles. The van der Waals surface area contributed by atoms with E-state index in [0.29, 0.717) is 16.9 Å². The fourth-order valence-corrected chi connectivity index (χ4v) is 5.25. The molecule has 7 heteroatoms. The molecule has 2 nitrogen and oxygen atoms in total. The van der Waals surface area contributed by atoms with Crippen LogP contribution in [0.1, 0.15) is 46.5 Å². The van der Waals surface area contributed by atoms with Gasteiger partial charge in [0, 0.05) is 11.7 Å². The Kier molecular flexibility index (Phi) is 5.71. The summed E-state index contributed by atoms with van der Waals surface area (Å²) in [4.78, 5) is 11.4. The smallest absolute Gasteiger partial charge is 0.449 e. The summed E-state index contributed by atoms with van der Waals surface area (Å²) < 4.78 is 43.7. The summed E-state index contributed by atoms with van der Waals surface area (Å²) in [5, 5.41) is -0.0208. The van der Waals surface area contributed by atoms with Gasteiger partial charge in [0.2, 0.25) is 10.2 Å². The standard InChI is InChI=1S/C16H23F3O2S2/c1-15(2,3)8-21-14(22)23-13-10-5-4-9(6-10)11(13)7-12(20)16(17,18)19/h9-11,13H,4-8H2,1-3H3/t9-,10+,11+,13-/m1/s1. The van der Waals surface area contributed by atoms with E-state index in [1.165, 1.54) is 11.8 Å². The molecule has 0 aliphatic heterocycles. The number of hydrogen-bond acceptors (Lipinski definition) is 4. The topological polar surface area (TPSA) is 26.3 Å². The fraction of sp³-hybridized carbons (Fsp3) is 0.875. The van der Waals surface area contributed by atoms with Crippen LogP contribution in [0.4, 0.5) is 13.2 Å². The third kappa shape index (κ3) is 5.08. The van der Waals surface area contributed by atoms with Gasteiger partial charge in [0.15, 0.2) is 0 Å². The molecule has 2 rings (SSSR count). The van der Waals surface area contributed by atoms with Crippen molar-refractivity contribution in [2.75, 3.05) is 6.61 Å². The maximum atomic E-state index is 12.6. The van der Waals surface area contributed by atoms with Gasteiger partial charge in [-0.25, -0.2) is 0 Å². The zero-order valence-electron chi connectivity index (χ0n) is 13.6. The van der Waals surface area contributed by atoms with Gasteiger partial charge in [-0.2, -0.15) is 13.2 Å². The van der Waals surface area contributed by atoms with E-state index in [1.54, 1.807) is 0 Å². The number of thioether (sulfide) groups is 1. The third-order valence-corrected chi connectivity index (χ3v) is 6.32. The van der Waals surface area contributed by atoms with Crippen LogP contribution in [0.2, 0.25) is 0 Å². The molecule has 0 aromatic heterocycles. The second-order valence-electron chi connectivity index (χ2n) is 7.80. The van der Waals surface area contributed by atoms with Crippen molar-refractivity contribution in [1.82, 2.24) is 0 Å². The lowest BCUT2D eigenvalue weighted by molar-refractivity contribution is -0.172. The van der Waals surface area contributed by atoms with Gasteiger partial charge in [-0.15, -0.1) is 0 Å². The Balaban J connectivity index is 1.96. The van der Waals surface area contributed by atoms with Crippen molar-refractivity contribution < 1.29 is 22.7 Å². The third-order valence-electron chi connectivity index (χ3n) is 4.60. The number of carbonyl (C=O) groups is 1. The second-order valence-corrected chi connectivity index (χ2v) is 9.58. The number of rotatable bonds is 4. The zero-order valence-corrected chi connectivity index (χ0v) is 15.2. The van der Waals surface area contributed by atoms with Gasteiger partial charge in [0.1, 0.15) is 0 Å². The Bertz CT molecular complexity index is 471. The first kappa shape index (κ1) is 19.0. The predicted octanol–water partition coefficient (Wildman–Crippen LogP) is 5.00. The van der Waals surface area contributed by atoms with E-state index in [4.69, 9.17) is 17.0 Å². The first-order chi connectivity index (χ1) is 10.5. The van der Waals surface area contributed by atoms with Gasteiger partial charge in [-0.1, -0.05) is 32.5 Å². The summed E-state index contributed by atoms with van der Waals surface area (Å²) in [5.41, 5.74) is -0.0229. The van der Waals surface area contributed by atoms with Gasteiger partial charge in [0.05, 0.1) is 6.61 Å². The van der Waals surface area contributed by atoms with Gasteiger partial charge < -0.3 is 4.74 Å². The average molecular weight is 368 g/mol. The molecule has 2 fully saturated rings. The molecule has 0 aromatic carbocycles. The summed E-state index contributed by atoms with van der Waals surface area (Å²) in [7, 11) is 0. The summed E-state index contributed by atoms with van der Waals surface area (Å²) >= 11 is 6.61. The minimum atomic E-state index is -4.74. The zero-order chi connectivity index (χ0) is 17.4. The number of carbonyl (C=O) groups excluding carboxylic acids is 1. The second kappa shape index (κ2) is 6.90. The van der Waals surface area contributed by atoms with Crippen LogP contribution in [0.25, 0.3) is 0 Å². The summed E-state index contributed by atoms with van der Waals surface area (Å²) in [6.07, 6.45) is -2.30. The maximum Gasteiger partial charge on any atom is 0.449 e. The van der Waals surface area contributed by atoms with Crippen LogP contribution in [0.15, 0.2) is 0 Å². The van der Waals surface area contributed by atoms with E-state index in [0.717, 1.165) is 19.3 Å². The highest BCUT2D eigenvalue weighted by atomic mass is 32.2. The van der Waals surface area contributed by atoms with Crippen molar-refractivity contribution in [3.63, 3.8) is 0 Å². The Hall–Kier alpha value is -0.300. The van der Waals surface area contributed by atoms with Gasteiger partial charge in [-0.3, -0.25) is 4.79 Å². The summed E-state index contributed by atoms with van der Waals surface area (Å²) in [6, 6.07) is 0. The first-order valence-electron chi connectivity index (χ1n) is 7.91. The predicted molar refractivity (Wildman–Crippen MR) is 89.4 cm³/mol. The van der Waals surface area contributed by atoms with Crippen LogP contribution in [-0.4, -0.2) is 28.2 Å². The van der Waals surface area contributed by atoms with Gasteiger partial charge in [0.25, 0.3) is 0 Å². The Morgan fingerprint density at radius 1 is 1.22 bits per heavy atom. The lowest BCUT2D eigenvalue weighted by atomic mass is 9.84. The fourth-order valence-electron chi connectivity index (χ4n) is 3.57. The van der Waals surface area contributed by atoms with E-state index < -0.39 is 18.4 Å². The maximum absolute atomic E-state index is 12.6. The highest BCUT2D eigenvalue weighted by molar-refractivity contribution is 8.23. The Morgan fingerprint density at radius 3 is 2.39 bits per heavy atom. The number of ketones is 1. The molecular weight excluding hydrogens is 345 g/mol. The van der Waals surface area contributed by atoms with Crippen LogP contribution >= 0.6 is 24.0 Å². The molecule has 0 saturated heterocycles. The molecule has 0 unspecified atom stereocenters. The summed E-state index contributed by atoms with van der Waals surface area (Å²) in [5.74, 6) is -1.27. The molecule has 23 heavy (non-hydrogen) atoms. The van der Waals surface area contributed by atoms with Crippen molar-refractivity contribution in [3.05, 3.63) is 0 Å². The minimum Gasteiger partial charge on any atom is -0.478 e. The van der Waals surface area contributed by atoms with Crippen molar-refractivity contribution in [1.29, 1.82) is 0 Å². The van der Waals surface area contributed by atoms with Crippen LogP contribution in [-0.2, 0) is 9.53 Å². The number of ether oxygens (including phenoxy) is 1. The molecule has 0 spiro atoms. The molecule has 0 radical (unpaired) electrons. The van der Waals surface area contributed by atoms with Gasteiger partial charge >= 0.3 is 6.18 Å². The number of hydrogen-bond donors (Lipinski definition) is 0. The van der Waals surface area contributed by atoms with Crippen LogP contribution in [0.5, 0.6) is 0 Å². The van der Waals surface area contributed by atoms with E-state index in [9.17, 15) is 18.0 Å². The molecule has 0 N–H and O–H groups in total. The SMILES string of the molecule is CC(C)(C)COC(=S)S[C@@H]1[C@H]2CC[C@H](C2)[C@@H]1CC(=O)C(F)(F)F. The van der Waals surface area contributed by atoms with Crippen molar-refractivity contribution >= 4 is 34.1 Å². The van der Waals surface area contributed by atoms with E-state index in [2.05, 4.69) is 0 Å². The number of thiocarbonyl (C=S) groups is 1. The monoisotopic (exact) mass is 368 g/mol. The molecule has 0 heterocycles. The Morgan fingerprint density at radius 2 is 1.83 bits per heavy atom. The first-order valence-corrected chi connectivity index (χ1v) is 9.19. The van der Waals surface area contributed by atoms with E-state index >= 15 is 0 Å². The largest absolute Gasteiger partial charge is 0.478 e. The molecule has 0 aromatic rings. The van der Waals surface area contributed by atoms with Crippen LogP contribution < -0.4 is 0 Å². The highest BCUT2D eigenvalue weighted by Gasteiger charge is 2.51. The molecule has 0 amide bonds. The van der Waals surface area contributed by atoms with Crippen LogP contribution in [0.3, 0.4) is 0 Å². The average Bonchev–Trinajstić information content (AvgIpc) is 2.97. The van der Waals surface area contributed by atoms with E-state index in [1.807, 2.05) is 20.8 Å². The Labute approximate surface area is 144 Å². The molecule has 2 bridgehead atoms. The van der Waals surface area contributed by atoms with Gasteiger partial charge in [-0.05, 0) is 54.6 Å². The van der Waals surface area contributed by atoms with E-state index in [-0.39, 0.29) is 22.5 Å². The molecular formula is C16H23F3O2S2. The number of halogens is 3. The molecule has 2 aliphatic carbocycles. The van der Waals surface area contributed by atoms with Crippen LogP contribution in [0, 0.1) is 23.2 Å². The minimum absolute atomic E-state index is 0.0208. The highest BCUT2D eigenvalue weighted by Crippen LogP contribution is 2.55. The number of fused-ring (bicyclic) bond motifs is 2. The number of alkyl halides is 3. The lowest BCUT2D eigenvalue weighted by Gasteiger charge is -2.30. The van der Waals surface area contributed by atoms with Crippen molar-refractivity contribution in [2.24, 2.45) is 23.2 Å². The molecule has 132 valence electrons. The molecule has 2 aliphatic rings. The van der Waals surface area contributed by atoms with Crippen molar-refractivity contribution in [2.45, 2.75) is 57.9 Å². The molecule has 4 atom stereocenters. The quantitative estimate of drug-likeness (QED) is 0.652. The van der Waals surface area contributed by atoms with Crippen molar-refractivity contribution in [3.8, 4) is 0 Å². The lowest BCUT2D eigenvalue weighted by Crippen LogP contribution is -2.33. The summed E-state index contributed by atoms with van der Waals surface area (Å²) in [6.45, 7) is 6.57. The number of Topliss-reactive ketones (excluding diaryl/α,β-unsaturated/α-hetero) is 1.